The van der Waals surface area contributed by atoms with E-state index in [2.05, 4.69) is 49.3 Å². The summed E-state index contributed by atoms with van der Waals surface area (Å²) >= 11 is 0. The van der Waals surface area contributed by atoms with Crippen molar-refractivity contribution in [3.63, 3.8) is 0 Å². The molecule has 1 aromatic carbocycles. The zero-order valence-electron chi connectivity index (χ0n) is 9.99. The van der Waals surface area contributed by atoms with Gasteiger partial charge in [0.05, 0.1) is 25.0 Å². The molecule has 1 aromatic rings. The molecular formula is C13H20S2+2. The van der Waals surface area contributed by atoms with Crippen molar-refractivity contribution in [2.75, 3.05) is 25.0 Å². The second kappa shape index (κ2) is 4.42. The zero-order chi connectivity index (χ0) is 11.0. The highest BCUT2D eigenvalue weighted by Crippen LogP contribution is 2.40. The van der Waals surface area contributed by atoms with Crippen molar-refractivity contribution >= 4 is 21.8 Å². The minimum Gasteiger partial charge on any atom is -0.0620 e. The molecule has 1 aliphatic rings. The Balaban J connectivity index is 2.38. The van der Waals surface area contributed by atoms with E-state index >= 15 is 0 Å². The fourth-order valence-electron chi connectivity index (χ4n) is 2.49. The smallest absolute Gasteiger partial charge is 0.0620 e. The predicted octanol–water partition coefficient (Wildman–Crippen LogP) is 2.41. The lowest BCUT2D eigenvalue weighted by molar-refractivity contribution is 0.903. The van der Waals surface area contributed by atoms with Crippen LogP contribution in [0.3, 0.4) is 0 Å². The Labute approximate surface area is 99.2 Å². The van der Waals surface area contributed by atoms with Gasteiger partial charge in [0, 0.05) is 12.0 Å². The molecule has 2 rings (SSSR count). The van der Waals surface area contributed by atoms with Crippen LogP contribution in [0, 0.1) is 0 Å². The second-order valence-corrected chi connectivity index (χ2v) is 9.25. The first-order valence-corrected chi connectivity index (χ1v) is 9.52. The zero-order valence-corrected chi connectivity index (χ0v) is 11.6. The summed E-state index contributed by atoms with van der Waals surface area (Å²) in [7, 11) is 1.04. The van der Waals surface area contributed by atoms with Crippen LogP contribution >= 0.6 is 0 Å². The van der Waals surface area contributed by atoms with E-state index in [-0.39, 0.29) is 0 Å². The fraction of sp³-hybridized carbons (Fsp3) is 0.538. The van der Waals surface area contributed by atoms with E-state index in [1.807, 2.05) is 0 Å². The summed E-state index contributed by atoms with van der Waals surface area (Å²) in [5.74, 6) is 0. The molecule has 0 N–H and O–H groups in total. The van der Waals surface area contributed by atoms with Crippen molar-refractivity contribution in [1.29, 1.82) is 0 Å². The van der Waals surface area contributed by atoms with Crippen LogP contribution in [0.15, 0.2) is 24.3 Å². The molecule has 0 heterocycles. The lowest BCUT2D eigenvalue weighted by Crippen LogP contribution is -2.28. The van der Waals surface area contributed by atoms with Crippen molar-refractivity contribution < 1.29 is 0 Å². The molecule has 0 aliphatic heterocycles. The van der Waals surface area contributed by atoms with E-state index in [0.29, 0.717) is 21.8 Å². The molecular weight excluding hydrogens is 220 g/mol. The molecule has 0 radical (unpaired) electrons. The Hall–Kier alpha value is -0.0800. The summed E-state index contributed by atoms with van der Waals surface area (Å²) in [6.07, 6.45) is 10.9. The Morgan fingerprint density at radius 3 is 2.27 bits per heavy atom. The van der Waals surface area contributed by atoms with Crippen LogP contribution in [0.5, 0.6) is 0 Å². The predicted molar refractivity (Wildman–Crippen MR) is 75.1 cm³/mol. The summed E-state index contributed by atoms with van der Waals surface area (Å²) in [6.45, 7) is 0. The number of benzene rings is 1. The lowest BCUT2D eigenvalue weighted by atomic mass is 10.1. The maximum absolute atomic E-state index is 2.40. The first-order chi connectivity index (χ1) is 7.11. The molecule has 0 saturated carbocycles. The third-order valence-corrected chi connectivity index (χ3v) is 6.65. The average Bonchev–Trinajstić information content (AvgIpc) is 2.56. The average molecular weight is 240 g/mol. The van der Waals surface area contributed by atoms with Gasteiger partial charge < -0.3 is 0 Å². The maximum Gasteiger partial charge on any atom is 0.190 e. The van der Waals surface area contributed by atoms with Crippen LogP contribution in [-0.4, -0.2) is 30.3 Å². The van der Waals surface area contributed by atoms with Crippen molar-refractivity contribution in [2.45, 2.75) is 16.9 Å². The Morgan fingerprint density at radius 1 is 1.00 bits per heavy atom. The maximum atomic E-state index is 2.40. The monoisotopic (exact) mass is 240 g/mol. The summed E-state index contributed by atoms with van der Waals surface area (Å²) in [6, 6.07) is 9.05. The van der Waals surface area contributed by atoms with Crippen molar-refractivity contribution in [3.05, 3.63) is 35.4 Å². The molecule has 0 aromatic heterocycles. The first-order valence-electron chi connectivity index (χ1n) is 5.32. The van der Waals surface area contributed by atoms with Gasteiger partial charge >= 0.3 is 0 Å². The molecule has 2 unspecified atom stereocenters. The van der Waals surface area contributed by atoms with E-state index in [0.717, 1.165) is 10.5 Å². The quantitative estimate of drug-likeness (QED) is 0.697. The molecule has 0 amide bonds. The topological polar surface area (TPSA) is 0 Å². The van der Waals surface area contributed by atoms with Crippen LogP contribution < -0.4 is 0 Å². The van der Waals surface area contributed by atoms with Crippen molar-refractivity contribution in [2.24, 2.45) is 0 Å². The van der Waals surface area contributed by atoms with E-state index < -0.39 is 0 Å². The third kappa shape index (κ3) is 2.07. The van der Waals surface area contributed by atoms with Crippen LogP contribution in [0.25, 0.3) is 0 Å². The molecule has 2 atom stereocenters. The molecule has 1 aliphatic carbocycles. The van der Waals surface area contributed by atoms with Crippen LogP contribution in [0.1, 0.15) is 16.4 Å². The first kappa shape index (κ1) is 11.4. The number of hydrogen-bond acceptors (Lipinski definition) is 0. The highest BCUT2D eigenvalue weighted by Gasteiger charge is 2.46. The molecule has 0 fully saturated rings. The minimum atomic E-state index is 0.504. The lowest BCUT2D eigenvalue weighted by Gasteiger charge is -2.14. The number of hydrogen-bond donors (Lipinski definition) is 0. The Kier molecular flexibility index (Phi) is 3.36. The van der Waals surface area contributed by atoms with Gasteiger partial charge in [-0.2, -0.15) is 0 Å². The van der Waals surface area contributed by atoms with Gasteiger partial charge in [-0.05, 0) is 27.4 Å². The molecule has 0 spiro atoms. The molecule has 0 nitrogen and oxygen atoms in total. The van der Waals surface area contributed by atoms with E-state index in [1.54, 1.807) is 11.1 Å². The van der Waals surface area contributed by atoms with Gasteiger partial charge in [-0.25, -0.2) is 0 Å². The summed E-state index contributed by atoms with van der Waals surface area (Å²) in [5, 5.41) is 1.71. The molecule has 15 heavy (non-hydrogen) atoms. The van der Waals surface area contributed by atoms with Crippen molar-refractivity contribution in [1.82, 2.24) is 0 Å². The van der Waals surface area contributed by atoms with Gasteiger partial charge in [0.25, 0.3) is 0 Å². The van der Waals surface area contributed by atoms with Crippen LogP contribution in [0.2, 0.25) is 0 Å². The highest BCUT2D eigenvalue weighted by atomic mass is 32.2. The van der Waals surface area contributed by atoms with Gasteiger partial charge in [0.2, 0.25) is 0 Å². The van der Waals surface area contributed by atoms with Gasteiger partial charge in [0.15, 0.2) is 10.5 Å². The minimum absolute atomic E-state index is 0.504. The van der Waals surface area contributed by atoms with Crippen LogP contribution in [0.4, 0.5) is 0 Å². The standard InChI is InChI=1S/C13H20S2/c1-14(2)12-9-10-7-5-6-8-11(10)13(12)15(3)4/h5-8,12-13H,9H2,1-4H3/q+2. The van der Waals surface area contributed by atoms with Gasteiger partial charge in [-0.15, -0.1) is 0 Å². The molecule has 0 bridgehead atoms. The second-order valence-electron chi connectivity index (χ2n) is 4.62. The van der Waals surface area contributed by atoms with Crippen LogP contribution in [-0.2, 0) is 28.2 Å². The normalized spacial score (nSPS) is 24.9. The third-order valence-electron chi connectivity index (χ3n) is 3.23. The van der Waals surface area contributed by atoms with Gasteiger partial charge in [-0.3, -0.25) is 0 Å². The SMILES string of the molecule is C[S+](C)C1Cc2ccccc2C1[S+](C)C. The highest BCUT2D eigenvalue weighted by molar-refractivity contribution is 7.99. The Bertz CT molecular complexity index is 344. The fourth-order valence-corrected chi connectivity index (χ4v) is 6.42. The summed E-state index contributed by atoms with van der Waals surface area (Å²) < 4.78 is 0. The number of fused-ring (bicyclic) bond motifs is 1. The van der Waals surface area contributed by atoms with E-state index in [1.165, 1.54) is 6.42 Å². The van der Waals surface area contributed by atoms with Gasteiger partial charge in [-0.1, -0.05) is 24.3 Å². The largest absolute Gasteiger partial charge is 0.190 e. The van der Waals surface area contributed by atoms with E-state index in [4.69, 9.17) is 0 Å². The molecule has 82 valence electrons. The summed E-state index contributed by atoms with van der Waals surface area (Å²) in [5.41, 5.74) is 3.24. The summed E-state index contributed by atoms with van der Waals surface area (Å²) in [4.78, 5) is 0. The Morgan fingerprint density at radius 2 is 1.67 bits per heavy atom. The number of rotatable bonds is 2. The van der Waals surface area contributed by atoms with E-state index in [9.17, 15) is 0 Å². The molecule has 0 saturated heterocycles. The molecule has 2 heteroatoms. The van der Waals surface area contributed by atoms with Gasteiger partial charge in [0.1, 0.15) is 0 Å². The van der Waals surface area contributed by atoms with Crippen molar-refractivity contribution in [3.8, 4) is 0 Å².